The molecule has 0 aromatic heterocycles. The van der Waals surface area contributed by atoms with E-state index in [0.29, 0.717) is 6.29 Å². The number of phenolic OH excluding ortho intramolecular Hbond substituents is 3. The molecule has 1 aromatic rings. The van der Waals surface area contributed by atoms with E-state index in [-0.39, 0.29) is 10.6 Å². The Morgan fingerprint density at radius 1 is 1.25 bits per heavy atom. The predicted molar refractivity (Wildman–Crippen MR) is 41.8 cm³/mol. The Hall–Kier alpha value is -1.42. The van der Waals surface area contributed by atoms with Crippen LogP contribution in [0.15, 0.2) is 6.07 Å². The second-order valence-electron chi connectivity index (χ2n) is 2.11. The van der Waals surface area contributed by atoms with Crippen LogP contribution in [-0.4, -0.2) is 21.6 Å². The summed E-state index contributed by atoms with van der Waals surface area (Å²) in [6, 6.07) is 0.963. The number of hydrogen-bond donors (Lipinski definition) is 3. The molecule has 12 heavy (non-hydrogen) atoms. The predicted octanol–water partition coefficient (Wildman–Crippen LogP) is 1.27. The molecule has 0 aliphatic carbocycles. The van der Waals surface area contributed by atoms with Gasteiger partial charge in [-0.15, -0.1) is 0 Å². The van der Waals surface area contributed by atoms with Crippen molar-refractivity contribution in [1.82, 2.24) is 0 Å². The Kier molecular flexibility index (Phi) is 2.10. The maximum absolute atomic E-state index is 10.3. The standard InChI is InChI=1S/C7H5ClO4/c8-5-3(2-9)1-4(10)6(11)7(5)12/h1-2,10-12H. The third-order valence-corrected chi connectivity index (χ3v) is 1.74. The second-order valence-corrected chi connectivity index (χ2v) is 2.49. The molecule has 0 aliphatic rings. The molecule has 0 spiro atoms. The smallest absolute Gasteiger partial charge is 0.201 e. The first-order valence-corrected chi connectivity index (χ1v) is 3.34. The first-order valence-electron chi connectivity index (χ1n) is 2.96. The Balaban J connectivity index is 3.49. The molecule has 0 radical (unpaired) electrons. The lowest BCUT2D eigenvalue weighted by molar-refractivity contribution is 0.112. The molecule has 64 valence electrons. The number of carbonyl (C=O) groups excluding carboxylic acids is 1. The SMILES string of the molecule is O=Cc1cc(O)c(O)c(O)c1Cl. The van der Waals surface area contributed by atoms with Crippen molar-refractivity contribution in [2.24, 2.45) is 0 Å². The van der Waals surface area contributed by atoms with Gasteiger partial charge in [0.1, 0.15) is 0 Å². The maximum atomic E-state index is 10.3. The lowest BCUT2D eigenvalue weighted by Gasteiger charge is -2.03. The third kappa shape index (κ3) is 1.16. The molecule has 5 heteroatoms. The zero-order valence-corrected chi connectivity index (χ0v) is 6.54. The second kappa shape index (κ2) is 2.91. The summed E-state index contributed by atoms with van der Waals surface area (Å²) in [5.74, 6) is -2.01. The summed E-state index contributed by atoms with van der Waals surface area (Å²) < 4.78 is 0. The normalized spacial score (nSPS) is 9.75. The van der Waals surface area contributed by atoms with Crippen LogP contribution in [0.5, 0.6) is 17.2 Å². The molecule has 0 saturated carbocycles. The van der Waals surface area contributed by atoms with Crippen molar-refractivity contribution in [3.63, 3.8) is 0 Å². The number of phenols is 3. The van der Waals surface area contributed by atoms with Gasteiger partial charge >= 0.3 is 0 Å². The van der Waals surface area contributed by atoms with Crippen LogP contribution in [0, 0.1) is 0 Å². The maximum Gasteiger partial charge on any atom is 0.201 e. The number of halogens is 1. The zero-order valence-electron chi connectivity index (χ0n) is 5.78. The topological polar surface area (TPSA) is 77.8 Å². The first-order chi connectivity index (χ1) is 5.57. The minimum Gasteiger partial charge on any atom is -0.504 e. The van der Waals surface area contributed by atoms with Crippen molar-refractivity contribution in [1.29, 1.82) is 0 Å². The molecule has 0 atom stereocenters. The molecule has 4 nitrogen and oxygen atoms in total. The van der Waals surface area contributed by atoms with Gasteiger partial charge in [0.15, 0.2) is 17.8 Å². The fourth-order valence-electron chi connectivity index (χ4n) is 0.727. The number of benzene rings is 1. The lowest BCUT2D eigenvalue weighted by Crippen LogP contribution is -1.83. The third-order valence-electron chi connectivity index (χ3n) is 1.35. The molecule has 1 aromatic carbocycles. The summed E-state index contributed by atoms with van der Waals surface area (Å²) in [4.78, 5) is 10.3. The van der Waals surface area contributed by atoms with Gasteiger partial charge in [0.25, 0.3) is 0 Å². The van der Waals surface area contributed by atoms with E-state index in [2.05, 4.69) is 0 Å². The monoisotopic (exact) mass is 188 g/mol. The van der Waals surface area contributed by atoms with Crippen LogP contribution < -0.4 is 0 Å². The van der Waals surface area contributed by atoms with Crippen LogP contribution in [0.2, 0.25) is 5.02 Å². The van der Waals surface area contributed by atoms with Gasteiger partial charge in [0.05, 0.1) is 5.02 Å². The lowest BCUT2D eigenvalue weighted by atomic mass is 10.2. The minimum atomic E-state index is -0.731. The average molecular weight is 189 g/mol. The molecule has 0 heterocycles. The molecular weight excluding hydrogens is 184 g/mol. The van der Waals surface area contributed by atoms with Gasteiger partial charge in [-0.1, -0.05) is 11.6 Å². The highest BCUT2D eigenvalue weighted by molar-refractivity contribution is 6.34. The molecule has 3 N–H and O–H groups in total. The van der Waals surface area contributed by atoms with Gasteiger partial charge in [-0.25, -0.2) is 0 Å². The van der Waals surface area contributed by atoms with Crippen molar-refractivity contribution < 1.29 is 20.1 Å². The molecule has 0 aliphatic heterocycles. The van der Waals surface area contributed by atoms with Gasteiger partial charge in [0.2, 0.25) is 5.75 Å². The van der Waals surface area contributed by atoms with Crippen molar-refractivity contribution in [2.75, 3.05) is 0 Å². The van der Waals surface area contributed by atoms with E-state index in [1.165, 1.54) is 0 Å². The van der Waals surface area contributed by atoms with Crippen molar-refractivity contribution in [2.45, 2.75) is 0 Å². The zero-order chi connectivity index (χ0) is 9.30. The van der Waals surface area contributed by atoms with Crippen LogP contribution in [0.25, 0.3) is 0 Å². The number of aldehydes is 1. The number of carbonyl (C=O) groups is 1. The highest BCUT2D eigenvalue weighted by atomic mass is 35.5. The molecule has 0 unspecified atom stereocenters. The summed E-state index contributed by atoms with van der Waals surface area (Å²) in [6.45, 7) is 0. The van der Waals surface area contributed by atoms with E-state index >= 15 is 0 Å². The summed E-state index contributed by atoms with van der Waals surface area (Å²) in [5.41, 5.74) is -0.0792. The van der Waals surface area contributed by atoms with Crippen molar-refractivity contribution in [3.8, 4) is 17.2 Å². The van der Waals surface area contributed by atoms with Crippen LogP contribution in [0.3, 0.4) is 0 Å². The largest absolute Gasteiger partial charge is 0.504 e. The quantitative estimate of drug-likeness (QED) is 0.458. The molecule has 0 amide bonds. The Labute approximate surface area is 72.6 Å². The van der Waals surface area contributed by atoms with E-state index < -0.39 is 17.2 Å². The molecule has 0 bridgehead atoms. The first kappa shape index (κ1) is 8.67. The van der Waals surface area contributed by atoms with Gasteiger partial charge in [-0.3, -0.25) is 4.79 Å². The van der Waals surface area contributed by atoms with E-state index in [0.717, 1.165) is 6.07 Å². The van der Waals surface area contributed by atoms with E-state index in [9.17, 15) is 4.79 Å². The van der Waals surface area contributed by atoms with Gasteiger partial charge in [-0.05, 0) is 6.07 Å². The summed E-state index contributed by atoms with van der Waals surface area (Å²) in [7, 11) is 0. The van der Waals surface area contributed by atoms with Crippen molar-refractivity contribution in [3.05, 3.63) is 16.7 Å². The Bertz CT molecular complexity index is 335. The number of hydrogen-bond acceptors (Lipinski definition) is 4. The summed E-state index contributed by atoms with van der Waals surface area (Å²) in [6.07, 6.45) is 0.362. The fourth-order valence-corrected chi connectivity index (χ4v) is 0.915. The molecule has 0 fully saturated rings. The van der Waals surface area contributed by atoms with E-state index in [4.69, 9.17) is 26.9 Å². The molecule has 1 rings (SSSR count). The highest BCUT2D eigenvalue weighted by Crippen LogP contribution is 2.41. The molecule has 0 saturated heterocycles. The summed E-state index contributed by atoms with van der Waals surface area (Å²) in [5, 5.41) is 26.5. The van der Waals surface area contributed by atoms with Gasteiger partial charge < -0.3 is 15.3 Å². The Morgan fingerprint density at radius 2 is 1.83 bits per heavy atom. The minimum absolute atomic E-state index is 0.0792. The van der Waals surface area contributed by atoms with Gasteiger partial charge in [-0.2, -0.15) is 0 Å². The average Bonchev–Trinajstić information content (AvgIpc) is 2.08. The van der Waals surface area contributed by atoms with Crippen LogP contribution >= 0.6 is 11.6 Å². The summed E-state index contributed by atoms with van der Waals surface area (Å²) >= 11 is 5.42. The Morgan fingerprint density at radius 3 is 2.33 bits per heavy atom. The van der Waals surface area contributed by atoms with Crippen LogP contribution in [0.4, 0.5) is 0 Å². The number of aromatic hydroxyl groups is 3. The van der Waals surface area contributed by atoms with E-state index in [1.54, 1.807) is 0 Å². The van der Waals surface area contributed by atoms with Crippen LogP contribution in [0.1, 0.15) is 10.4 Å². The van der Waals surface area contributed by atoms with Gasteiger partial charge in [0, 0.05) is 5.56 Å². The number of rotatable bonds is 1. The van der Waals surface area contributed by atoms with Crippen molar-refractivity contribution >= 4 is 17.9 Å². The van der Waals surface area contributed by atoms with Crippen LogP contribution in [-0.2, 0) is 0 Å². The van der Waals surface area contributed by atoms with E-state index in [1.807, 2.05) is 0 Å². The molecular formula is C7H5ClO4. The highest BCUT2D eigenvalue weighted by Gasteiger charge is 2.14. The fraction of sp³-hybridized carbons (Fsp3) is 0.